The quantitative estimate of drug-likeness (QED) is 0.252. The van der Waals surface area contributed by atoms with E-state index in [9.17, 15) is 9.90 Å². The van der Waals surface area contributed by atoms with Crippen molar-refractivity contribution in [2.75, 3.05) is 26.7 Å². The lowest BCUT2D eigenvalue weighted by atomic mass is 9.84. The van der Waals surface area contributed by atoms with Gasteiger partial charge in [-0.2, -0.15) is 0 Å². The van der Waals surface area contributed by atoms with Crippen molar-refractivity contribution in [1.82, 2.24) is 20.3 Å². The number of amides is 1. The molecule has 0 fully saturated rings. The van der Waals surface area contributed by atoms with E-state index in [0.717, 1.165) is 35.1 Å². The number of nitrogens with zero attached hydrogens (tertiary/aromatic N) is 3. The normalized spacial score (nSPS) is 12.7. The van der Waals surface area contributed by atoms with E-state index < -0.39 is 0 Å². The van der Waals surface area contributed by atoms with E-state index in [1.165, 1.54) is 49.9 Å². The van der Waals surface area contributed by atoms with Crippen LogP contribution >= 0.6 is 0 Å². The second kappa shape index (κ2) is 14.3. The third-order valence-corrected chi connectivity index (χ3v) is 7.16. The predicted molar refractivity (Wildman–Crippen MR) is 155 cm³/mol. The molecular weight excluding hydrogens is 474 g/mol. The fourth-order valence-electron chi connectivity index (χ4n) is 4.81. The van der Waals surface area contributed by atoms with E-state index in [2.05, 4.69) is 50.3 Å². The summed E-state index contributed by atoms with van der Waals surface area (Å²) >= 11 is 0. The Morgan fingerprint density at radius 1 is 0.974 bits per heavy atom. The van der Waals surface area contributed by atoms with Crippen molar-refractivity contribution in [3.05, 3.63) is 47.5 Å². The number of aromatic hydroxyl groups is 1. The van der Waals surface area contributed by atoms with Crippen LogP contribution in [0.25, 0.3) is 16.7 Å². The fraction of sp³-hybridized carbons (Fsp3) is 0.581. The van der Waals surface area contributed by atoms with Crippen LogP contribution in [0.2, 0.25) is 0 Å². The summed E-state index contributed by atoms with van der Waals surface area (Å²) in [6.45, 7) is 11.5. The number of carbonyl (C=O) groups is 1. The molecule has 7 heteroatoms. The van der Waals surface area contributed by atoms with Crippen molar-refractivity contribution in [2.45, 2.75) is 90.9 Å². The van der Waals surface area contributed by atoms with Gasteiger partial charge in [0.05, 0.1) is 20.1 Å². The maximum Gasteiger partial charge on any atom is 0.220 e. The summed E-state index contributed by atoms with van der Waals surface area (Å²) in [5.74, 6) is 0.243. The van der Waals surface area contributed by atoms with E-state index in [4.69, 9.17) is 0 Å². The maximum atomic E-state index is 12.6. The number of fused-ring (bicyclic) bond motifs is 1. The number of benzene rings is 2. The number of phenolic OH excluding ortho intramolecular Hbond substituents is 1. The van der Waals surface area contributed by atoms with E-state index in [1.807, 2.05) is 36.4 Å². The molecule has 0 aliphatic carbocycles. The largest absolute Gasteiger partial charge is 0.505 e. The number of quaternary nitrogens is 1. The molecule has 2 aromatic carbocycles. The number of hydrogen-bond acceptors (Lipinski definition) is 4. The zero-order valence-electron chi connectivity index (χ0n) is 24.1. The number of phenols is 1. The number of aromatic nitrogens is 3. The summed E-state index contributed by atoms with van der Waals surface area (Å²) in [7, 11) is 2.25. The lowest BCUT2D eigenvalue weighted by Gasteiger charge is -2.23. The number of nitrogens with one attached hydrogen (secondary N) is 2. The van der Waals surface area contributed by atoms with Crippen LogP contribution in [0.1, 0.15) is 90.2 Å². The Bertz CT molecular complexity index is 1130. The monoisotopic (exact) mass is 522 g/mol. The first-order valence-electron chi connectivity index (χ1n) is 14.5. The van der Waals surface area contributed by atoms with Gasteiger partial charge in [-0.15, -0.1) is 15.0 Å². The minimum absolute atomic E-state index is 0.0634. The van der Waals surface area contributed by atoms with Crippen LogP contribution in [0.4, 0.5) is 0 Å². The minimum Gasteiger partial charge on any atom is -0.505 e. The molecule has 0 bridgehead atoms. The summed E-state index contributed by atoms with van der Waals surface area (Å²) in [6, 6.07) is 11.6. The highest BCUT2D eigenvalue weighted by Gasteiger charge is 2.23. The smallest absolute Gasteiger partial charge is 0.220 e. The first-order valence-corrected chi connectivity index (χ1v) is 14.5. The zero-order chi connectivity index (χ0) is 27.5. The third kappa shape index (κ3) is 8.83. The van der Waals surface area contributed by atoms with E-state index in [1.54, 1.807) is 4.90 Å². The summed E-state index contributed by atoms with van der Waals surface area (Å²) in [5, 5.41) is 23.3. The van der Waals surface area contributed by atoms with E-state index in [0.29, 0.717) is 25.1 Å². The van der Waals surface area contributed by atoms with Crippen LogP contribution in [-0.4, -0.2) is 52.7 Å². The molecule has 1 unspecified atom stereocenters. The van der Waals surface area contributed by atoms with Crippen LogP contribution in [0.3, 0.4) is 0 Å². The van der Waals surface area contributed by atoms with Crippen LogP contribution in [0.5, 0.6) is 5.75 Å². The molecule has 1 heterocycles. The van der Waals surface area contributed by atoms with Crippen LogP contribution in [0, 0.1) is 0 Å². The standard InChI is InChI=1S/C31H47N5O2/c1-6-7-8-9-10-13-20-35(5)21-14-19-32-29(37)18-17-24-22-25(31(2,3)4)30(38)28(23-24)36-33-26-15-11-12-16-27(26)34-36/h11-12,15-16,22-23,38H,6-10,13-14,17-21H2,1-5H3,(H,32,37)/p+1. The first-order chi connectivity index (χ1) is 18.2. The van der Waals surface area contributed by atoms with Crippen molar-refractivity contribution in [3.63, 3.8) is 0 Å². The predicted octanol–water partition coefficient (Wildman–Crippen LogP) is 4.74. The van der Waals surface area contributed by atoms with Gasteiger partial charge >= 0.3 is 0 Å². The SMILES string of the molecule is CCCCCCCC[NH+](C)CCCNC(=O)CCc1cc(-n2nc3ccccc3n2)c(O)c(C(C)(C)C)c1. The molecule has 208 valence electrons. The summed E-state index contributed by atoms with van der Waals surface area (Å²) in [4.78, 5) is 15.6. The molecule has 0 radical (unpaired) electrons. The molecule has 0 saturated heterocycles. The average Bonchev–Trinajstić information content (AvgIpc) is 3.31. The second-order valence-electron chi connectivity index (χ2n) is 11.7. The van der Waals surface area contributed by atoms with Gasteiger partial charge in [0.2, 0.25) is 5.91 Å². The number of rotatable bonds is 15. The summed E-state index contributed by atoms with van der Waals surface area (Å²) in [6.07, 6.45) is 9.97. The molecule has 0 saturated carbocycles. The number of aryl methyl sites for hydroxylation is 1. The minimum atomic E-state index is -0.270. The molecular formula is C31H48N5O2+. The topological polar surface area (TPSA) is 84.5 Å². The van der Waals surface area contributed by atoms with Crippen molar-refractivity contribution >= 4 is 16.9 Å². The highest BCUT2D eigenvalue weighted by molar-refractivity contribution is 5.76. The summed E-state index contributed by atoms with van der Waals surface area (Å²) < 4.78 is 0. The molecule has 3 aromatic rings. The lowest BCUT2D eigenvalue weighted by molar-refractivity contribution is -0.879. The molecule has 0 aliphatic rings. The van der Waals surface area contributed by atoms with Gasteiger partial charge < -0.3 is 15.3 Å². The number of unbranched alkanes of at least 4 members (excludes halogenated alkanes) is 5. The van der Waals surface area contributed by atoms with Crippen molar-refractivity contribution in [3.8, 4) is 11.4 Å². The van der Waals surface area contributed by atoms with Crippen molar-refractivity contribution in [2.24, 2.45) is 0 Å². The Hall–Kier alpha value is -2.93. The molecule has 7 nitrogen and oxygen atoms in total. The average molecular weight is 523 g/mol. The third-order valence-electron chi connectivity index (χ3n) is 7.16. The van der Waals surface area contributed by atoms with Gasteiger partial charge in [0.15, 0.2) is 0 Å². The molecule has 3 rings (SSSR count). The van der Waals surface area contributed by atoms with Gasteiger partial charge in [-0.05, 0) is 48.4 Å². The number of carbonyl (C=O) groups excluding carboxylic acids is 1. The Balaban J connectivity index is 1.52. The van der Waals surface area contributed by atoms with Crippen LogP contribution in [0.15, 0.2) is 36.4 Å². The molecule has 1 amide bonds. The van der Waals surface area contributed by atoms with E-state index >= 15 is 0 Å². The van der Waals surface area contributed by atoms with Gasteiger partial charge in [0.25, 0.3) is 0 Å². The number of hydrogen-bond donors (Lipinski definition) is 3. The van der Waals surface area contributed by atoms with Gasteiger partial charge in [0, 0.05) is 24.9 Å². The van der Waals surface area contributed by atoms with Gasteiger partial charge in [0.1, 0.15) is 22.5 Å². The molecule has 1 aromatic heterocycles. The van der Waals surface area contributed by atoms with Gasteiger partial charge in [-0.3, -0.25) is 4.79 Å². The van der Waals surface area contributed by atoms with Crippen molar-refractivity contribution < 1.29 is 14.8 Å². The molecule has 38 heavy (non-hydrogen) atoms. The van der Waals surface area contributed by atoms with Gasteiger partial charge in [-0.1, -0.05) is 71.6 Å². The fourth-order valence-corrected chi connectivity index (χ4v) is 4.81. The highest BCUT2D eigenvalue weighted by atomic mass is 16.3. The highest BCUT2D eigenvalue weighted by Crippen LogP contribution is 2.36. The molecule has 0 spiro atoms. The Morgan fingerprint density at radius 3 is 2.26 bits per heavy atom. The second-order valence-corrected chi connectivity index (χ2v) is 11.7. The molecule has 1 atom stereocenters. The Kier molecular flexibility index (Phi) is 11.1. The lowest BCUT2D eigenvalue weighted by Crippen LogP contribution is -3.09. The van der Waals surface area contributed by atoms with Crippen molar-refractivity contribution in [1.29, 1.82) is 0 Å². The zero-order valence-corrected chi connectivity index (χ0v) is 24.1. The van der Waals surface area contributed by atoms with Crippen LogP contribution < -0.4 is 10.2 Å². The molecule has 0 aliphatic heterocycles. The maximum absolute atomic E-state index is 12.6. The molecule has 3 N–H and O–H groups in total. The first kappa shape index (κ1) is 29.6. The Morgan fingerprint density at radius 2 is 1.61 bits per heavy atom. The van der Waals surface area contributed by atoms with E-state index in [-0.39, 0.29) is 17.1 Å². The summed E-state index contributed by atoms with van der Waals surface area (Å²) in [5.41, 5.74) is 3.63. The van der Waals surface area contributed by atoms with Crippen LogP contribution in [-0.2, 0) is 16.6 Å². The van der Waals surface area contributed by atoms with Gasteiger partial charge in [-0.25, -0.2) is 0 Å². The Labute approximate surface area is 228 Å².